The fourth-order valence-corrected chi connectivity index (χ4v) is 2.33. The second-order valence-electron chi connectivity index (χ2n) is 4.90. The number of anilines is 1. The molecule has 0 atom stereocenters. The van der Waals surface area contributed by atoms with Crippen molar-refractivity contribution in [2.45, 2.75) is 13.5 Å². The van der Waals surface area contributed by atoms with E-state index in [9.17, 15) is 4.79 Å². The van der Waals surface area contributed by atoms with Gasteiger partial charge in [-0.2, -0.15) is 10.2 Å². The molecule has 0 amide bonds. The molecule has 3 heterocycles. The molecule has 0 radical (unpaired) electrons. The van der Waals surface area contributed by atoms with Gasteiger partial charge in [-0.15, -0.1) is 0 Å². The first-order valence-corrected chi connectivity index (χ1v) is 6.69. The second-order valence-corrected chi connectivity index (χ2v) is 4.90. The first kappa shape index (κ1) is 13.3. The minimum atomic E-state index is -0.107. The lowest BCUT2D eigenvalue weighted by atomic mass is 10.3. The molecule has 0 aromatic carbocycles. The highest BCUT2D eigenvalue weighted by Crippen LogP contribution is 2.13. The van der Waals surface area contributed by atoms with Gasteiger partial charge in [-0.1, -0.05) is 0 Å². The van der Waals surface area contributed by atoms with Crippen LogP contribution in [-0.4, -0.2) is 35.7 Å². The van der Waals surface area contributed by atoms with Crippen LogP contribution >= 0.6 is 0 Å². The van der Waals surface area contributed by atoms with E-state index in [1.165, 1.54) is 4.57 Å². The lowest BCUT2D eigenvalue weighted by molar-refractivity contribution is 0.633. The molecule has 3 aromatic rings. The predicted octanol–water partition coefficient (Wildman–Crippen LogP) is 0.284. The zero-order valence-electron chi connectivity index (χ0n) is 12.2. The van der Waals surface area contributed by atoms with Crippen LogP contribution in [0.4, 0.5) is 5.95 Å². The Morgan fingerprint density at radius 3 is 2.86 bits per heavy atom. The van der Waals surface area contributed by atoms with Gasteiger partial charge in [0.2, 0.25) is 5.95 Å². The van der Waals surface area contributed by atoms with Crippen molar-refractivity contribution in [3.63, 3.8) is 0 Å². The van der Waals surface area contributed by atoms with Crippen molar-refractivity contribution in [2.75, 3.05) is 11.9 Å². The number of nitrogens with zero attached hydrogens (tertiary/aromatic N) is 6. The predicted molar refractivity (Wildman–Crippen MR) is 79.2 cm³/mol. The zero-order chi connectivity index (χ0) is 15.0. The zero-order valence-corrected chi connectivity index (χ0v) is 12.2. The first-order valence-electron chi connectivity index (χ1n) is 6.69. The molecule has 8 heteroatoms. The van der Waals surface area contributed by atoms with Crippen LogP contribution in [0.1, 0.15) is 5.69 Å². The second kappa shape index (κ2) is 5.04. The summed E-state index contributed by atoms with van der Waals surface area (Å²) in [6.07, 6.45) is 3.63. The summed E-state index contributed by atoms with van der Waals surface area (Å²) in [6, 6.07) is 1.87. The Labute approximate surface area is 121 Å². The summed E-state index contributed by atoms with van der Waals surface area (Å²) in [7, 11) is 3.45. The summed E-state index contributed by atoms with van der Waals surface area (Å²) in [5, 5.41) is 11.6. The SMILES string of the molecule is Cc1nn(C)c2c(=O)n(C)c(NCCn3cccn3)nc12. The molecule has 3 rings (SSSR count). The Bertz CT molecular complexity index is 828. The molecule has 110 valence electrons. The third-order valence-corrected chi connectivity index (χ3v) is 3.42. The quantitative estimate of drug-likeness (QED) is 0.745. The van der Waals surface area contributed by atoms with Crippen molar-refractivity contribution < 1.29 is 0 Å². The lowest BCUT2D eigenvalue weighted by Crippen LogP contribution is -2.25. The lowest BCUT2D eigenvalue weighted by Gasteiger charge is -2.10. The highest BCUT2D eigenvalue weighted by molar-refractivity contribution is 5.77. The molecule has 0 aliphatic heterocycles. The van der Waals surface area contributed by atoms with Gasteiger partial charge in [-0.3, -0.25) is 18.7 Å². The van der Waals surface area contributed by atoms with Gasteiger partial charge in [-0.05, 0) is 13.0 Å². The smallest absolute Gasteiger partial charge is 0.280 e. The monoisotopic (exact) mass is 287 g/mol. The summed E-state index contributed by atoms with van der Waals surface area (Å²) >= 11 is 0. The molecule has 21 heavy (non-hydrogen) atoms. The van der Waals surface area contributed by atoms with Crippen LogP contribution in [-0.2, 0) is 20.6 Å². The van der Waals surface area contributed by atoms with Gasteiger partial charge in [-0.25, -0.2) is 4.98 Å². The van der Waals surface area contributed by atoms with Crippen molar-refractivity contribution in [1.82, 2.24) is 29.1 Å². The average Bonchev–Trinajstić information content (AvgIpc) is 3.04. The highest BCUT2D eigenvalue weighted by atomic mass is 16.1. The Morgan fingerprint density at radius 2 is 2.14 bits per heavy atom. The van der Waals surface area contributed by atoms with Gasteiger partial charge in [0, 0.05) is 33.0 Å². The molecule has 0 bridgehead atoms. The maximum absolute atomic E-state index is 12.4. The van der Waals surface area contributed by atoms with Crippen LogP contribution in [0.2, 0.25) is 0 Å². The van der Waals surface area contributed by atoms with Crippen molar-refractivity contribution in [3.05, 3.63) is 34.5 Å². The average molecular weight is 287 g/mol. The number of fused-ring (bicyclic) bond motifs is 1. The maximum Gasteiger partial charge on any atom is 0.280 e. The molecule has 3 aromatic heterocycles. The Kier molecular flexibility index (Phi) is 3.20. The van der Waals surface area contributed by atoms with Gasteiger partial charge in [0.25, 0.3) is 5.56 Å². The van der Waals surface area contributed by atoms with Crippen molar-refractivity contribution in [1.29, 1.82) is 0 Å². The minimum Gasteiger partial charge on any atom is -0.354 e. The van der Waals surface area contributed by atoms with Crippen molar-refractivity contribution >= 4 is 17.0 Å². The molecular formula is C13H17N7O. The number of hydrogen-bond donors (Lipinski definition) is 1. The van der Waals surface area contributed by atoms with Gasteiger partial charge in [0.05, 0.1) is 12.2 Å². The first-order chi connectivity index (χ1) is 10.1. The van der Waals surface area contributed by atoms with E-state index in [1.54, 1.807) is 25.0 Å². The van der Waals surface area contributed by atoms with Crippen molar-refractivity contribution in [3.8, 4) is 0 Å². The fraction of sp³-hybridized carbons (Fsp3) is 0.385. The van der Waals surface area contributed by atoms with Gasteiger partial charge in [0.15, 0.2) is 5.52 Å². The normalized spacial score (nSPS) is 11.2. The van der Waals surface area contributed by atoms with Gasteiger partial charge >= 0.3 is 0 Å². The van der Waals surface area contributed by atoms with E-state index >= 15 is 0 Å². The Balaban J connectivity index is 1.90. The third kappa shape index (κ3) is 2.28. The van der Waals surface area contributed by atoms with E-state index in [4.69, 9.17) is 0 Å². The molecule has 0 saturated heterocycles. The summed E-state index contributed by atoms with van der Waals surface area (Å²) in [6.45, 7) is 3.18. The van der Waals surface area contributed by atoms with E-state index in [1.807, 2.05) is 23.9 Å². The van der Waals surface area contributed by atoms with Crippen LogP contribution in [0.5, 0.6) is 0 Å². The van der Waals surface area contributed by atoms with Gasteiger partial charge < -0.3 is 5.32 Å². The van der Waals surface area contributed by atoms with Crippen LogP contribution < -0.4 is 10.9 Å². The number of aryl methyl sites for hydroxylation is 2. The molecule has 0 fully saturated rings. The topological polar surface area (TPSA) is 82.6 Å². The summed E-state index contributed by atoms with van der Waals surface area (Å²) in [5.41, 5.74) is 1.81. The van der Waals surface area contributed by atoms with E-state index in [0.29, 0.717) is 30.1 Å². The van der Waals surface area contributed by atoms with Crippen LogP contribution in [0, 0.1) is 6.92 Å². The fourth-order valence-electron chi connectivity index (χ4n) is 2.33. The molecule has 1 N–H and O–H groups in total. The molecule has 0 saturated carbocycles. The molecule has 0 aliphatic rings. The van der Waals surface area contributed by atoms with Crippen LogP contribution in [0.15, 0.2) is 23.3 Å². The van der Waals surface area contributed by atoms with E-state index in [0.717, 1.165) is 5.69 Å². The molecule has 8 nitrogen and oxygen atoms in total. The number of hydrogen-bond acceptors (Lipinski definition) is 5. The van der Waals surface area contributed by atoms with Crippen molar-refractivity contribution in [2.24, 2.45) is 14.1 Å². The minimum absolute atomic E-state index is 0.107. The Morgan fingerprint density at radius 1 is 1.33 bits per heavy atom. The summed E-state index contributed by atoms with van der Waals surface area (Å²) in [5.74, 6) is 0.538. The number of aromatic nitrogens is 6. The van der Waals surface area contributed by atoms with Gasteiger partial charge in [0.1, 0.15) is 5.52 Å². The maximum atomic E-state index is 12.4. The number of rotatable bonds is 4. The summed E-state index contributed by atoms with van der Waals surface area (Å²) in [4.78, 5) is 16.9. The largest absolute Gasteiger partial charge is 0.354 e. The summed E-state index contributed by atoms with van der Waals surface area (Å²) < 4.78 is 4.90. The van der Waals surface area contributed by atoms with E-state index in [-0.39, 0.29) is 5.56 Å². The third-order valence-electron chi connectivity index (χ3n) is 3.42. The number of nitrogens with one attached hydrogen (secondary N) is 1. The van der Waals surface area contributed by atoms with Crippen LogP contribution in [0.3, 0.4) is 0 Å². The molecule has 0 spiro atoms. The molecule has 0 unspecified atom stereocenters. The van der Waals surface area contributed by atoms with Crippen LogP contribution in [0.25, 0.3) is 11.0 Å². The van der Waals surface area contributed by atoms with E-state index < -0.39 is 0 Å². The molecule has 0 aliphatic carbocycles. The molecular weight excluding hydrogens is 270 g/mol. The Hall–Kier alpha value is -2.64. The highest BCUT2D eigenvalue weighted by Gasteiger charge is 2.14. The van der Waals surface area contributed by atoms with E-state index in [2.05, 4.69) is 20.5 Å². The standard InChI is InChI=1S/C13H17N7O/c1-9-10-11(19(3)17-9)12(21)18(2)13(16-10)14-6-8-20-7-4-5-15-20/h4-5,7H,6,8H2,1-3H3,(H,14,16).